The van der Waals surface area contributed by atoms with Crippen molar-refractivity contribution >= 4 is 94.9 Å². The van der Waals surface area contributed by atoms with Crippen LogP contribution in [0.15, 0.2) is 65.5 Å². The summed E-state index contributed by atoms with van der Waals surface area (Å²) in [6.45, 7) is 10.6. The van der Waals surface area contributed by atoms with Crippen molar-refractivity contribution in [1.82, 2.24) is 40.0 Å². The summed E-state index contributed by atoms with van der Waals surface area (Å²) in [6.07, 6.45) is 11.7. The number of ether oxygens (including phenoxy) is 1. The highest BCUT2D eigenvalue weighted by atomic mass is 79.9. The van der Waals surface area contributed by atoms with Crippen LogP contribution in [0.5, 0.6) is 5.75 Å². The molecule has 19 nitrogen and oxygen atoms in total. The van der Waals surface area contributed by atoms with Gasteiger partial charge in [-0.2, -0.15) is 4.98 Å². The number of likely N-dealkylation sites (tertiary alicyclic amines) is 1. The summed E-state index contributed by atoms with van der Waals surface area (Å²) < 4.78 is 33.9. The van der Waals surface area contributed by atoms with E-state index in [4.69, 9.17) is 9.72 Å². The summed E-state index contributed by atoms with van der Waals surface area (Å²) in [7, 11) is -1.98. The van der Waals surface area contributed by atoms with Gasteiger partial charge in [0.25, 0.3) is 5.91 Å². The number of carbonyl (C=O) groups is 3. The van der Waals surface area contributed by atoms with E-state index in [0.717, 1.165) is 94.8 Å². The highest BCUT2D eigenvalue weighted by molar-refractivity contribution is 9.10. The number of aryl methyl sites for hydroxylation is 1. The molecule has 0 spiro atoms. The smallest absolute Gasteiger partial charge is 0.255 e. The maximum atomic E-state index is 13.2. The van der Waals surface area contributed by atoms with Gasteiger partial charge in [-0.25, -0.2) is 13.4 Å². The second-order valence-electron chi connectivity index (χ2n) is 18.7. The topological polar surface area (TPSA) is 210 Å². The normalized spacial score (nSPS) is 19.9. The van der Waals surface area contributed by atoms with Crippen molar-refractivity contribution in [3.63, 3.8) is 0 Å². The average Bonchev–Trinajstić information content (AvgIpc) is 3.69. The predicted molar refractivity (Wildman–Crippen MR) is 273 cm³/mol. The number of methoxy groups -OCH3 is 1. The summed E-state index contributed by atoms with van der Waals surface area (Å²) >= 11 is 3.55. The number of hydrogen-bond acceptors (Lipinski definition) is 16. The van der Waals surface area contributed by atoms with Crippen LogP contribution in [0, 0.1) is 0 Å². The Labute approximate surface area is 415 Å². The van der Waals surface area contributed by atoms with Crippen LogP contribution in [0.4, 0.5) is 40.2 Å². The van der Waals surface area contributed by atoms with Gasteiger partial charge in [0, 0.05) is 106 Å². The van der Waals surface area contributed by atoms with Gasteiger partial charge in [0.2, 0.25) is 27.8 Å². The second-order valence-corrected chi connectivity index (χ2v) is 21.3. The molecule has 0 saturated carbocycles. The van der Waals surface area contributed by atoms with Crippen LogP contribution in [0.25, 0.3) is 11.0 Å². The molecule has 2 aromatic heterocycles. The molecule has 0 aliphatic carbocycles. The number of nitrogens with one attached hydrogen (secondary N) is 4. The average molecular weight is 1040 g/mol. The molecule has 7 heterocycles. The van der Waals surface area contributed by atoms with Crippen molar-refractivity contribution in [2.24, 2.45) is 0 Å². The summed E-state index contributed by atoms with van der Waals surface area (Å²) in [6, 6.07) is 14.3. The Morgan fingerprint density at radius 1 is 0.814 bits per heavy atom. The van der Waals surface area contributed by atoms with Crippen molar-refractivity contribution in [3.05, 3.63) is 82.2 Å². The van der Waals surface area contributed by atoms with E-state index < -0.39 is 16.1 Å². The van der Waals surface area contributed by atoms with Gasteiger partial charge in [0.05, 0.1) is 40.4 Å². The Morgan fingerprint density at radius 3 is 2.26 bits per heavy atom. The molecule has 368 valence electrons. The highest BCUT2D eigenvalue weighted by Crippen LogP contribution is 2.39. The Hall–Kier alpha value is -6.16. The zero-order valence-electron chi connectivity index (χ0n) is 39.6. The molecule has 1 unspecified atom stereocenters. The van der Waals surface area contributed by atoms with Gasteiger partial charge >= 0.3 is 0 Å². The maximum Gasteiger partial charge on any atom is 0.255 e. The molecule has 5 aromatic rings. The molecule has 4 saturated heterocycles. The van der Waals surface area contributed by atoms with Gasteiger partial charge in [-0.3, -0.25) is 39.3 Å². The first-order chi connectivity index (χ1) is 33.8. The van der Waals surface area contributed by atoms with E-state index in [1.807, 2.05) is 12.1 Å². The van der Waals surface area contributed by atoms with Gasteiger partial charge in [0.15, 0.2) is 0 Å². The van der Waals surface area contributed by atoms with Crippen LogP contribution < -0.4 is 35.2 Å². The number of amides is 3. The van der Waals surface area contributed by atoms with Gasteiger partial charge in [-0.05, 0) is 115 Å². The molecule has 10 rings (SSSR count). The summed E-state index contributed by atoms with van der Waals surface area (Å²) in [5.74, 6) is 0.606. The predicted octanol–water partition coefficient (Wildman–Crippen LogP) is 5.63. The number of piperazine rings is 1. The number of carbonyl (C=O) groups excluding carboxylic acids is 3. The fourth-order valence-electron chi connectivity index (χ4n) is 10.8. The van der Waals surface area contributed by atoms with Gasteiger partial charge in [-0.15, -0.1) is 0 Å². The fourth-order valence-corrected chi connectivity index (χ4v) is 11.7. The lowest BCUT2D eigenvalue weighted by Crippen LogP contribution is -2.55. The van der Waals surface area contributed by atoms with E-state index in [2.05, 4.69) is 96.3 Å². The third kappa shape index (κ3) is 9.93. The number of anilines is 7. The second kappa shape index (κ2) is 19.9. The van der Waals surface area contributed by atoms with E-state index in [1.54, 1.807) is 36.5 Å². The minimum atomic E-state index is -3.65. The number of hydrogen-bond donors (Lipinski definition) is 4. The molecule has 0 radical (unpaired) electrons. The van der Waals surface area contributed by atoms with Crippen molar-refractivity contribution in [1.29, 1.82) is 0 Å². The molecule has 5 aliphatic heterocycles. The van der Waals surface area contributed by atoms with Crippen LogP contribution in [0.1, 0.15) is 66.9 Å². The summed E-state index contributed by atoms with van der Waals surface area (Å²) in [5, 5.41) is 9.01. The number of sulfonamides is 1. The first kappa shape index (κ1) is 47.5. The Kier molecular flexibility index (Phi) is 13.5. The lowest BCUT2D eigenvalue weighted by molar-refractivity contribution is -0.136. The lowest BCUT2D eigenvalue weighted by Gasteiger charge is -2.46. The monoisotopic (exact) mass is 1040 g/mol. The Balaban J connectivity index is 0.721. The molecule has 3 aromatic carbocycles. The standard InChI is InChI=1S/C49H58BrN13O6S/c1-4-30-26-39(55-49-53-28-36(50)46(57-49)54-38-8-7-37-44(52-16-15-51-37)45(38)58-70(3,67)68)42(69-2)27-41(30)62-19-13-32(14-20-62)59-17-11-33(12-18-59)60-21-23-61(24-22-60)34-5-6-35-31(25-34)29-63(48(35)66)40-9-10-43(64)56-47(40)65/h5-8,15-16,25-28,32-33,40,58H,4,9-14,17-24,29H2,1-3H3,(H,56,64,65)(H2,53,54,55,57). The molecular formula is C49H58BrN13O6S. The molecule has 0 bridgehead atoms. The zero-order chi connectivity index (χ0) is 48.7. The maximum absolute atomic E-state index is 13.2. The zero-order valence-corrected chi connectivity index (χ0v) is 42.0. The molecule has 1 atom stereocenters. The molecule has 21 heteroatoms. The summed E-state index contributed by atoms with van der Waals surface area (Å²) in [5.41, 5.74) is 7.44. The van der Waals surface area contributed by atoms with E-state index in [1.165, 1.54) is 30.3 Å². The number of fused-ring (bicyclic) bond motifs is 2. The van der Waals surface area contributed by atoms with E-state index in [9.17, 15) is 22.8 Å². The van der Waals surface area contributed by atoms with Crippen molar-refractivity contribution in [3.8, 4) is 5.75 Å². The number of halogens is 1. The number of rotatable bonds is 13. The molecule has 4 N–H and O–H groups in total. The highest BCUT2D eigenvalue weighted by Gasteiger charge is 2.40. The number of piperidine rings is 3. The van der Waals surface area contributed by atoms with Crippen LogP contribution in [0.2, 0.25) is 0 Å². The van der Waals surface area contributed by atoms with E-state index >= 15 is 0 Å². The third-order valence-electron chi connectivity index (χ3n) is 14.5. The van der Waals surface area contributed by atoms with Crippen LogP contribution >= 0.6 is 15.9 Å². The first-order valence-electron chi connectivity index (χ1n) is 24.1. The molecule has 4 fully saturated rings. The molecule has 70 heavy (non-hydrogen) atoms. The fraction of sp³-hybridized carbons (Fsp3) is 0.449. The van der Waals surface area contributed by atoms with E-state index in [0.29, 0.717) is 69.3 Å². The van der Waals surface area contributed by atoms with Crippen molar-refractivity contribution < 1.29 is 27.5 Å². The van der Waals surface area contributed by atoms with Gasteiger partial charge in [-0.1, -0.05) is 6.92 Å². The number of benzene rings is 3. The molecule has 3 amide bonds. The first-order valence-corrected chi connectivity index (χ1v) is 26.8. The third-order valence-corrected chi connectivity index (χ3v) is 15.6. The quantitative estimate of drug-likeness (QED) is 0.105. The molecule has 5 aliphatic rings. The van der Waals surface area contributed by atoms with Crippen molar-refractivity contribution in [2.45, 2.75) is 76.5 Å². The number of nitrogens with zero attached hydrogens (tertiary/aromatic N) is 9. The SMILES string of the molecule is CCc1cc(Nc2ncc(Br)c(Nc3ccc4nccnc4c3NS(C)(=O)=O)n2)c(OC)cc1N1CCC(N2CCC(N3CCN(c4ccc5c(c4)CN(C4CCC(=O)NC4=O)C5=O)CC3)CC2)CC1. The van der Waals surface area contributed by atoms with Crippen LogP contribution in [-0.2, 0) is 32.6 Å². The summed E-state index contributed by atoms with van der Waals surface area (Å²) in [4.78, 5) is 67.4. The van der Waals surface area contributed by atoms with Gasteiger partial charge < -0.3 is 35.0 Å². The molecular weight excluding hydrogens is 979 g/mol. The number of aromatic nitrogens is 4. The van der Waals surface area contributed by atoms with Gasteiger partial charge in [0.1, 0.15) is 23.1 Å². The lowest BCUT2D eigenvalue weighted by atomic mass is 9.95. The van der Waals surface area contributed by atoms with Crippen LogP contribution in [0.3, 0.4) is 0 Å². The minimum Gasteiger partial charge on any atom is -0.494 e. The van der Waals surface area contributed by atoms with Crippen LogP contribution in [-0.4, -0.2) is 145 Å². The van der Waals surface area contributed by atoms with Crippen molar-refractivity contribution in [2.75, 3.05) is 90.9 Å². The Morgan fingerprint density at radius 2 is 1.54 bits per heavy atom. The Bertz CT molecular complexity index is 2940. The number of imide groups is 1. The van der Waals surface area contributed by atoms with E-state index in [-0.39, 0.29) is 29.8 Å². The minimum absolute atomic E-state index is 0.136. The largest absolute Gasteiger partial charge is 0.494 e.